The Morgan fingerprint density at radius 3 is 2.61 bits per heavy atom. The molecule has 1 fully saturated rings. The van der Waals surface area contributed by atoms with Crippen LogP contribution in [0.5, 0.6) is 11.5 Å². The summed E-state index contributed by atoms with van der Waals surface area (Å²) >= 11 is 0. The van der Waals surface area contributed by atoms with Gasteiger partial charge in [0.05, 0.1) is 22.9 Å². The number of alkyl halides is 3. The van der Waals surface area contributed by atoms with Crippen LogP contribution in [0, 0.1) is 10.1 Å². The summed E-state index contributed by atoms with van der Waals surface area (Å²) in [5.74, 6) is -2.68. The molecule has 4 atom stereocenters. The Morgan fingerprint density at radius 1 is 1.30 bits per heavy atom. The zero-order valence-corrected chi connectivity index (χ0v) is 16.4. The lowest BCUT2D eigenvalue weighted by molar-refractivity contribution is -0.385. The van der Waals surface area contributed by atoms with Crippen molar-refractivity contribution in [2.24, 2.45) is 0 Å². The van der Waals surface area contributed by atoms with E-state index in [2.05, 4.69) is 10.3 Å². The Kier molecular flexibility index (Phi) is 6.57. The highest BCUT2D eigenvalue weighted by atomic mass is 19.4. The Morgan fingerprint density at radius 2 is 2.00 bits per heavy atom. The van der Waals surface area contributed by atoms with Crippen molar-refractivity contribution in [1.29, 1.82) is 0 Å². The number of aromatic hydroxyl groups is 2. The third-order valence-corrected chi connectivity index (χ3v) is 4.70. The standard InChI is InChI=1S/C18H17F3N4O8/c19-18(20,21)12-6-24(7-23-12)17-15(29)14(28)11(33-17)2-1-3-22-16(30)9-4-8(25(31)32)5-10(26)13(9)27/h1-2,4-7,11,14-15,17,26-29H,3H2,(H,22,30)/b2-1+/t11-,14-,15-,17-/m1/s1. The molecule has 33 heavy (non-hydrogen) atoms. The third-order valence-electron chi connectivity index (χ3n) is 4.70. The van der Waals surface area contributed by atoms with Gasteiger partial charge in [-0.2, -0.15) is 13.2 Å². The maximum Gasteiger partial charge on any atom is 0.434 e. The molecule has 5 N–H and O–H groups in total. The van der Waals surface area contributed by atoms with Crippen molar-refractivity contribution >= 4 is 11.6 Å². The van der Waals surface area contributed by atoms with Gasteiger partial charge in [0, 0.05) is 18.8 Å². The number of nitrogens with one attached hydrogen (secondary N) is 1. The summed E-state index contributed by atoms with van der Waals surface area (Å²) in [5.41, 5.74) is -2.38. The first kappa shape index (κ1) is 24.0. The van der Waals surface area contributed by atoms with E-state index >= 15 is 0 Å². The number of nitro groups is 1. The third kappa shape index (κ3) is 5.05. The summed E-state index contributed by atoms with van der Waals surface area (Å²) in [7, 11) is 0. The number of aliphatic hydroxyl groups excluding tert-OH is 2. The molecule has 1 aliphatic rings. The van der Waals surface area contributed by atoms with Gasteiger partial charge in [-0.3, -0.25) is 14.9 Å². The maximum absolute atomic E-state index is 12.7. The van der Waals surface area contributed by atoms with Gasteiger partial charge in [-0.25, -0.2) is 4.98 Å². The lowest BCUT2D eigenvalue weighted by atomic mass is 10.1. The molecule has 0 aliphatic carbocycles. The van der Waals surface area contributed by atoms with Gasteiger partial charge in [-0.05, 0) is 0 Å². The van der Waals surface area contributed by atoms with Crippen LogP contribution in [0.4, 0.5) is 18.9 Å². The molecule has 1 amide bonds. The number of carbonyl (C=O) groups is 1. The van der Waals surface area contributed by atoms with Crippen LogP contribution in [0.25, 0.3) is 0 Å². The Balaban J connectivity index is 1.62. The van der Waals surface area contributed by atoms with E-state index in [0.717, 1.165) is 17.0 Å². The van der Waals surface area contributed by atoms with Gasteiger partial charge < -0.3 is 35.0 Å². The molecule has 1 aromatic heterocycles. The van der Waals surface area contributed by atoms with Crippen molar-refractivity contribution in [1.82, 2.24) is 14.9 Å². The number of non-ortho nitro benzene ring substituents is 1. The molecule has 2 heterocycles. The van der Waals surface area contributed by atoms with Gasteiger partial charge in [-0.15, -0.1) is 0 Å². The molecule has 12 nitrogen and oxygen atoms in total. The number of halogens is 3. The lowest BCUT2D eigenvalue weighted by Gasteiger charge is -2.15. The Hall–Kier alpha value is -3.69. The minimum Gasteiger partial charge on any atom is -0.504 e. The van der Waals surface area contributed by atoms with Crippen LogP contribution >= 0.6 is 0 Å². The number of aliphatic hydroxyl groups is 2. The summed E-state index contributed by atoms with van der Waals surface area (Å²) in [6.07, 6.45) is -6.33. The number of nitrogens with zero attached hydrogens (tertiary/aromatic N) is 3. The molecule has 15 heteroatoms. The van der Waals surface area contributed by atoms with Crippen LogP contribution in [0.3, 0.4) is 0 Å². The minimum absolute atomic E-state index is 0.224. The van der Waals surface area contributed by atoms with Crippen molar-refractivity contribution in [3.05, 3.63) is 58.2 Å². The van der Waals surface area contributed by atoms with Crippen molar-refractivity contribution in [2.45, 2.75) is 30.7 Å². The predicted octanol–water partition coefficient (Wildman–Crippen LogP) is 0.827. The number of nitro benzene ring substituents is 1. The van der Waals surface area contributed by atoms with E-state index in [-0.39, 0.29) is 6.54 Å². The second kappa shape index (κ2) is 9.05. The summed E-state index contributed by atoms with van der Waals surface area (Å²) in [5, 5.41) is 52.6. The topological polar surface area (TPSA) is 180 Å². The molecular weight excluding hydrogens is 457 g/mol. The summed E-state index contributed by atoms with van der Waals surface area (Å²) in [4.78, 5) is 25.3. The number of hydrogen-bond acceptors (Lipinski definition) is 9. The van der Waals surface area contributed by atoms with Crippen LogP contribution in [0.15, 0.2) is 36.8 Å². The van der Waals surface area contributed by atoms with Crippen LogP contribution < -0.4 is 5.32 Å². The highest BCUT2D eigenvalue weighted by molar-refractivity contribution is 5.98. The second-order valence-electron chi connectivity index (χ2n) is 6.93. The van der Waals surface area contributed by atoms with Gasteiger partial charge in [0.25, 0.3) is 11.6 Å². The molecule has 0 saturated carbocycles. The second-order valence-corrected chi connectivity index (χ2v) is 6.93. The van der Waals surface area contributed by atoms with Crippen molar-refractivity contribution in [3.63, 3.8) is 0 Å². The Labute approximate surface area is 182 Å². The first-order chi connectivity index (χ1) is 15.4. The van der Waals surface area contributed by atoms with Gasteiger partial charge >= 0.3 is 6.18 Å². The average Bonchev–Trinajstić information content (AvgIpc) is 3.33. The number of amides is 1. The minimum atomic E-state index is -4.70. The van der Waals surface area contributed by atoms with Gasteiger partial charge in [0.15, 0.2) is 23.4 Å². The average molecular weight is 474 g/mol. The van der Waals surface area contributed by atoms with Crippen LogP contribution in [-0.2, 0) is 10.9 Å². The van der Waals surface area contributed by atoms with E-state index < -0.39 is 70.0 Å². The SMILES string of the molecule is O=C(NC/C=C/[C@H]1O[C@@H](n2cnc(C(F)(F)F)c2)[C@H](O)[C@@H]1O)c1cc([N+](=O)[O-])cc(O)c1O. The molecule has 3 rings (SSSR count). The number of aromatic nitrogens is 2. The number of hydrogen-bond donors (Lipinski definition) is 5. The zero-order chi connectivity index (χ0) is 24.5. The summed E-state index contributed by atoms with van der Waals surface area (Å²) in [6.45, 7) is -0.224. The van der Waals surface area contributed by atoms with Crippen molar-refractivity contribution < 1.29 is 48.1 Å². The number of carbonyl (C=O) groups excluding carboxylic acids is 1. The predicted molar refractivity (Wildman–Crippen MR) is 101 cm³/mol. The molecule has 0 bridgehead atoms. The van der Waals surface area contributed by atoms with Gasteiger partial charge in [0.2, 0.25) is 0 Å². The first-order valence-corrected chi connectivity index (χ1v) is 9.17. The zero-order valence-electron chi connectivity index (χ0n) is 16.4. The van der Waals surface area contributed by atoms with Crippen molar-refractivity contribution in [3.8, 4) is 11.5 Å². The smallest absolute Gasteiger partial charge is 0.434 e. The highest BCUT2D eigenvalue weighted by Crippen LogP contribution is 2.34. The monoisotopic (exact) mass is 474 g/mol. The molecule has 1 saturated heterocycles. The maximum atomic E-state index is 12.7. The molecular formula is C18H17F3N4O8. The number of ether oxygens (including phenoxy) is 1. The molecule has 2 aromatic rings. The molecule has 178 valence electrons. The quantitative estimate of drug-likeness (QED) is 0.175. The van der Waals surface area contributed by atoms with E-state index in [9.17, 15) is 48.5 Å². The fourth-order valence-corrected chi connectivity index (χ4v) is 3.04. The largest absolute Gasteiger partial charge is 0.504 e. The molecule has 0 spiro atoms. The van der Waals surface area contributed by atoms with E-state index in [1.54, 1.807) is 0 Å². The van der Waals surface area contributed by atoms with Crippen LogP contribution in [0.1, 0.15) is 22.3 Å². The molecule has 0 unspecified atom stereocenters. The Bertz CT molecular complexity index is 1090. The molecule has 1 aliphatic heterocycles. The molecule has 0 radical (unpaired) electrons. The number of benzene rings is 1. The number of phenols is 2. The summed E-state index contributed by atoms with van der Waals surface area (Å²) < 4.78 is 44.4. The van der Waals surface area contributed by atoms with E-state index in [1.807, 2.05) is 0 Å². The fraction of sp³-hybridized carbons (Fsp3) is 0.333. The molecule has 1 aromatic carbocycles. The van der Waals surface area contributed by atoms with Gasteiger partial charge in [-0.1, -0.05) is 12.2 Å². The van der Waals surface area contributed by atoms with E-state index in [4.69, 9.17) is 4.74 Å². The highest BCUT2D eigenvalue weighted by Gasteiger charge is 2.43. The number of imidazole rings is 1. The first-order valence-electron chi connectivity index (χ1n) is 9.17. The fourth-order valence-electron chi connectivity index (χ4n) is 3.04. The van der Waals surface area contributed by atoms with Crippen molar-refractivity contribution in [2.75, 3.05) is 6.54 Å². The number of phenolic OH excluding ortho intramolecular Hbond substituents is 2. The van der Waals surface area contributed by atoms with E-state index in [1.165, 1.54) is 12.2 Å². The summed E-state index contributed by atoms with van der Waals surface area (Å²) in [6, 6.07) is 1.43. The van der Waals surface area contributed by atoms with E-state index in [0.29, 0.717) is 12.3 Å². The normalized spacial score (nSPS) is 23.2. The van der Waals surface area contributed by atoms with Crippen LogP contribution in [-0.4, -0.2) is 65.7 Å². The number of rotatable bonds is 6. The lowest BCUT2D eigenvalue weighted by Crippen LogP contribution is -2.30. The van der Waals surface area contributed by atoms with Crippen LogP contribution in [0.2, 0.25) is 0 Å². The van der Waals surface area contributed by atoms with Gasteiger partial charge in [0.1, 0.15) is 18.3 Å².